The summed E-state index contributed by atoms with van der Waals surface area (Å²) in [6, 6.07) is 7.56. The van der Waals surface area contributed by atoms with Crippen molar-refractivity contribution >= 4 is 41.1 Å². The summed E-state index contributed by atoms with van der Waals surface area (Å²) in [6.07, 6.45) is 0. The fourth-order valence-electron chi connectivity index (χ4n) is 3.31. The van der Waals surface area contributed by atoms with Gasteiger partial charge < -0.3 is 5.11 Å². The monoisotopic (exact) mass is 407 g/mol. The number of carbonyl (C=O) groups excluding carboxylic acids is 1. The number of halogens is 1. The van der Waals surface area contributed by atoms with Gasteiger partial charge in [0.25, 0.3) is 0 Å². The highest BCUT2D eigenvalue weighted by Gasteiger charge is 2.38. The van der Waals surface area contributed by atoms with Gasteiger partial charge in [-0.1, -0.05) is 44.5 Å². The zero-order valence-electron chi connectivity index (χ0n) is 15.7. The average Bonchev–Trinajstić information content (AvgIpc) is 2.83. The Morgan fingerprint density at radius 3 is 2.70 bits per heavy atom. The molecular weight excluding hydrogens is 386 g/mol. The minimum Gasteiger partial charge on any atom is -0.480 e. The van der Waals surface area contributed by atoms with Gasteiger partial charge in [0.2, 0.25) is 5.91 Å². The molecule has 2 aromatic rings. The van der Waals surface area contributed by atoms with Crippen LogP contribution in [0.5, 0.6) is 0 Å². The number of aryl methyl sites for hydroxylation is 1. The summed E-state index contributed by atoms with van der Waals surface area (Å²) in [4.78, 5) is 25.5. The first-order valence-electron chi connectivity index (χ1n) is 8.56. The van der Waals surface area contributed by atoms with Crippen LogP contribution in [0.3, 0.4) is 0 Å². The molecule has 2 heterocycles. The van der Waals surface area contributed by atoms with E-state index in [9.17, 15) is 14.7 Å². The number of carboxylic acids is 1. The molecule has 6 nitrogen and oxygen atoms in total. The van der Waals surface area contributed by atoms with E-state index in [4.69, 9.17) is 11.6 Å². The molecular formula is C19H22ClN3O3S. The van der Waals surface area contributed by atoms with Crippen molar-refractivity contribution in [3.8, 4) is 0 Å². The number of aromatic nitrogens is 2. The first-order chi connectivity index (χ1) is 12.6. The Hall–Kier alpha value is -1.99. The molecule has 3 rings (SSSR count). The first-order valence-corrected chi connectivity index (χ1v) is 9.99. The summed E-state index contributed by atoms with van der Waals surface area (Å²) in [6.45, 7) is 5.79. The Kier molecular flexibility index (Phi) is 5.27. The number of hydrogen-bond acceptors (Lipinski definition) is 4. The van der Waals surface area contributed by atoms with Crippen molar-refractivity contribution in [2.45, 2.75) is 31.4 Å². The quantitative estimate of drug-likeness (QED) is 0.840. The van der Waals surface area contributed by atoms with Gasteiger partial charge in [-0.15, -0.1) is 11.8 Å². The number of hydrogen-bond donors (Lipinski definition) is 1. The van der Waals surface area contributed by atoms with E-state index >= 15 is 0 Å². The molecule has 0 saturated heterocycles. The summed E-state index contributed by atoms with van der Waals surface area (Å²) in [5.74, 6) is -0.569. The van der Waals surface area contributed by atoms with Crippen molar-refractivity contribution in [3.05, 3.63) is 46.1 Å². The maximum atomic E-state index is 12.7. The minimum absolute atomic E-state index is 0.163. The zero-order valence-corrected chi connectivity index (χ0v) is 17.3. The minimum atomic E-state index is -1.06. The number of anilines is 1. The van der Waals surface area contributed by atoms with E-state index in [-0.39, 0.29) is 22.3 Å². The lowest BCUT2D eigenvalue weighted by Gasteiger charge is -2.23. The van der Waals surface area contributed by atoms with Gasteiger partial charge in [-0.05, 0) is 17.7 Å². The molecule has 1 amide bonds. The molecule has 1 aliphatic rings. The molecule has 1 aromatic heterocycles. The van der Waals surface area contributed by atoms with Crippen molar-refractivity contribution < 1.29 is 14.7 Å². The van der Waals surface area contributed by atoms with Gasteiger partial charge in [-0.3, -0.25) is 19.2 Å². The number of nitrogens with zero attached hydrogens (tertiary/aromatic N) is 3. The molecule has 27 heavy (non-hydrogen) atoms. The molecule has 8 heteroatoms. The predicted octanol–water partition coefficient (Wildman–Crippen LogP) is 3.62. The van der Waals surface area contributed by atoms with Crippen LogP contribution in [0.2, 0.25) is 5.02 Å². The van der Waals surface area contributed by atoms with Crippen molar-refractivity contribution in [1.82, 2.24) is 9.78 Å². The SMILES string of the molecule is Cn1nc(C(C)(C)C)c2c1N(CC(=O)O)C(=O)CSC2c1cccc(Cl)c1. The second-order valence-electron chi connectivity index (χ2n) is 7.58. The van der Waals surface area contributed by atoms with Crippen LogP contribution < -0.4 is 4.90 Å². The molecule has 1 aromatic carbocycles. The van der Waals surface area contributed by atoms with Crippen LogP contribution in [0.15, 0.2) is 24.3 Å². The summed E-state index contributed by atoms with van der Waals surface area (Å²) in [5.41, 5.74) is 2.43. The Bertz CT molecular complexity index is 904. The number of thioether (sulfide) groups is 1. The zero-order chi connectivity index (χ0) is 19.9. The molecule has 1 N–H and O–H groups in total. The van der Waals surface area contributed by atoms with E-state index in [0.29, 0.717) is 10.8 Å². The Morgan fingerprint density at radius 2 is 2.11 bits per heavy atom. The number of rotatable bonds is 3. The topological polar surface area (TPSA) is 75.4 Å². The standard InChI is InChI=1S/C19H22ClN3O3S/c1-19(2,3)17-15-16(11-6-5-7-12(20)8-11)27-10-13(24)23(9-14(25)26)18(15)22(4)21-17/h5-8,16H,9-10H2,1-4H3,(H,25,26). The van der Waals surface area contributed by atoms with E-state index in [1.54, 1.807) is 11.7 Å². The Morgan fingerprint density at radius 1 is 1.41 bits per heavy atom. The molecule has 1 unspecified atom stereocenters. The lowest BCUT2D eigenvalue weighted by atomic mass is 9.87. The number of carboxylic acid groups (broad SMARTS) is 1. The van der Waals surface area contributed by atoms with Gasteiger partial charge in [0.05, 0.1) is 16.7 Å². The van der Waals surface area contributed by atoms with Crippen molar-refractivity contribution in [1.29, 1.82) is 0 Å². The highest BCUT2D eigenvalue weighted by atomic mass is 35.5. The molecule has 0 spiro atoms. The van der Waals surface area contributed by atoms with E-state index in [1.165, 1.54) is 16.7 Å². The summed E-state index contributed by atoms with van der Waals surface area (Å²) in [5, 5.41) is 14.5. The third-order valence-electron chi connectivity index (χ3n) is 4.40. The van der Waals surface area contributed by atoms with Crippen LogP contribution in [-0.4, -0.2) is 39.1 Å². The molecule has 0 radical (unpaired) electrons. The number of fused-ring (bicyclic) bond motifs is 1. The third kappa shape index (κ3) is 3.84. The van der Waals surface area contributed by atoms with Gasteiger partial charge in [-0.25, -0.2) is 0 Å². The van der Waals surface area contributed by atoms with Crippen LogP contribution >= 0.6 is 23.4 Å². The van der Waals surface area contributed by atoms with Crippen LogP contribution in [0.25, 0.3) is 0 Å². The molecule has 1 atom stereocenters. The number of benzene rings is 1. The molecule has 0 bridgehead atoms. The average molecular weight is 408 g/mol. The van der Waals surface area contributed by atoms with Crippen LogP contribution in [0, 0.1) is 0 Å². The lowest BCUT2D eigenvalue weighted by Crippen LogP contribution is -2.37. The van der Waals surface area contributed by atoms with Crippen LogP contribution in [0.4, 0.5) is 5.82 Å². The van der Waals surface area contributed by atoms with E-state index in [1.807, 2.05) is 24.3 Å². The van der Waals surface area contributed by atoms with Gasteiger partial charge in [0.1, 0.15) is 12.4 Å². The molecule has 0 fully saturated rings. The second kappa shape index (κ2) is 7.20. The van der Waals surface area contributed by atoms with E-state index in [2.05, 4.69) is 25.9 Å². The molecule has 1 aliphatic heterocycles. The van der Waals surface area contributed by atoms with Crippen molar-refractivity contribution in [2.75, 3.05) is 17.2 Å². The lowest BCUT2D eigenvalue weighted by molar-refractivity contribution is -0.136. The third-order valence-corrected chi connectivity index (χ3v) is 5.89. The number of aliphatic carboxylic acids is 1. The molecule has 0 aliphatic carbocycles. The van der Waals surface area contributed by atoms with Gasteiger partial charge in [0.15, 0.2) is 0 Å². The van der Waals surface area contributed by atoms with E-state index < -0.39 is 12.5 Å². The number of carbonyl (C=O) groups is 2. The highest BCUT2D eigenvalue weighted by Crippen LogP contribution is 2.47. The molecule has 144 valence electrons. The summed E-state index contributed by atoms with van der Waals surface area (Å²) < 4.78 is 1.63. The van der Waals surface area contributed by atoms with E-state index in [0.717, 1.165) is 16.8 Å². The highest BCUT2D eigenvalue weighted by molar-refractivity contribution is 8.00. The maximum Gasteiger partial charge on any atom is 0.323 e. The first kappa shape index (κ1) is 19.8. The normalized spacial score (nSPS) is 17.6. The van der Waals surface area contributed by atoms with Crippen molar-refractivity contribution in [3.63, 3.8) is 0 Å². The van der Waals surface area contributed by atoms with Gasteiger partial charge in [-0.2, -0.15) is 5.10 Å². The molecule has 0 saturated carbocycles. The van der Waals surface area contributed by atoms with Crippen molar-refractivity contribution in [2.24, 2.45) is 7.05 Å². The van der Waals surface area contributed by atoms with Crippen LogP contribution in [0.1, 0.15) is 42.8 Å². The summed E-state index contributed by atoms with van der Waals surface area (Å²) in [7, 11) is 1.75. The number of amides is 1. The summed E-state index contributed by atoms with van der Waals surface area (Å²) >= 11 is 7.68. The maximum absolute atomic E-state index is 12.7. The van der Waals surface area contributed by atoms with Crippen LogP contribution in [-0.2, 0) is 22.1 Å². The fourth-order valence-corrected chi connectivity index (χ4v) is 4.70. The predicted molar refractivity (Wildman–Crippen MR) is 108 cm³/mol. The fraction of sp³-hybridized carbons (Fsp3) is 0.421. The smallest absolute Gasteiger partial charge is 0.323 e. The second-order valence-corrected chi connectivity index (χ2v) is 9.11. The van der Waals surface area contributed by atoms with Gasteiger partial charge >= 0.3 is 5.97 Å². The largest absolute Gasteiger partial charge is 0.480 e. The Labute approximate surface area is 167 Å². The Balaban J connectivity index is 2.28. The van der Waals surface area contributed by atoms with Gasteiger partial charge in [0, 0.05) is 23.0 Å².